The molecule has 90 valence electrons. The first kappa shape index (κ1) is 10.9. The topological polar surface area (TPSA) is 56.5 Å². The zero-order valence-electron chi connectivity index (χ0n) is 9.52. The predicted molar refractivity (Wildman–Crippen MR) is 63.8 cm³/mol. The number of ketones is 1. The van der Waals surface area contributed by atoms with E-state index >= 15 is 0 Å². The van der Waals surface area contributed by atoms with Crippen molar-refractivity contribution < 1.29 is 14.3 Å². The van der Waals surface area contributed by atoms with E-state index in [1.54, 1.807) is 12.1 Å². The summed E-state index contributed by atoms with van der Waals surface area (Å²) in [6, 6.07) is 14.3. The number of epoxide rings is 1. The van der Waals surface area contributed by atoms with Crippen LogP contribution in [-0.4, -0.2) is 11.9 Å². The van der Waals surface area contributed by atoms with E-state index in [1.807, 2.05) is 30.3 Å². The lowest BCUT2D eigenvalue weighted by molar-refractivity contribution is -0.607. The Balaban J connectivity index is 1.80. The molecule has 1 saturated heterocycles. The molecule has 2 unspecified atom stereocenters. The lowest BCUT2D eigenvalue weighted by Gasteiger charge is -2.00. The number of benzene rings is 1. The minimum Gasteiger partial charge on any atom is -0.618 e. The van der Waals surface area contributed by atoms with Crippen LogP contribution < -0.4 is 4.73 Å². The van der Waals surface area contributed by atoms with Crippen LogP contribution in [0.3, 0.4) is 0 Å². The quantitative estimate of drug-likeness (QED) is 0.355. The van der Waals surface area contributed by atoms with Crippen LogP contribution in [0.2, 0.25) is 0 Å². The van der Waals surface area contributed by atoms with Gasteiger partial charge in [0.05, 0.1) is 0 Å². The Morgan fingerprint density at radius 1 is 1.11 bits per heavy atom. The number of ether oxygens (including phenoxy) is 1. The number of pyridine rings is 1. The zero-order valence-corrected chi connectivity index (χ0v) is 9.52. The highest BCUT2D eigenvalue weighted by atomic mass is 16.6. The normalized spacial score (nSPS) is 21.6. The van der Waals surface area contributed by atoms with Gasteiger partial charge < -0.3 is 9.94 Å². The number of rotatable bonds is 3. The summed E-state index contributed by atoms with van der Waals surface area (Å²) < 4.78 is 5.95. The van der Waals surface area contributed by atoms with Gasteiger partial charge in [-0.2, -0.15) is 4.73 Å². The van der Waals surface area contributed by atoms with Crippen molar-refractivity contribution in [1.29, 1.82) is 0 Å². The largest absolute Gasteiger partial charge is 0.618 e. The summed E-state index contributed by atoms with van der Waals surface area (Å²) >= 11 is 0. The molecule has 0 spiro atoms. The van der Waals surface area contributed by atoms with Gasteiger partial charge in [0.25, 0.3) is 11.5 Å². The van der Waals surface area contributed by atoms with Gasteiger partial charge in [-0.05, 0) is 11.6 Å². The second-order valence-electron chi connectivity index (χ2n) is 4.16. The van der Waals surface area contributed by atoms with Crippen molar-refractivity contribution in [3.8, 4) is 0 Å². The van der Waals surface area contributed by atoms with Crippen molar-refractivity contribution in [3.63, 3.8) is 0 Å². The van der Waals surface area contributed by atoms with E-state index in [1.165, 1.54) is 12.3 Å². The summed E-state index contributed by atoms with van der Waals surface area (Å²) in [5.74, 6) is -0.264. The molecule has 2 atom stereocenters. The molecule has 0 bridgehead atoms. The first-order valence-electron chi connectivity index (χ1n) is 5.70. The molecule has 4 nitrogen and oxygen atoms in total. The highest BCUT2D eigenvalue weighted by Gasteiger charge is 2.48. The van der Waals surface area contributed by atoms with Crippen LogP contribution in [0.25, 0.3) is 0 Å². The molecule has 0 aliphatic carbocycles. The van der Waals surface area contributed by atoms with Gasteiger partial charge in [-0.1, -0.05) is 30.3 Å². The van der Waals surface area contributed by atoms with Crippen LogP contribution in [0, 0.1) is 5.21 Å². The van der Waals surface area contributed by atoms with Crippen molar-refractivity contribution in [2.45, 2.75) is 12.2 Å². The SMILES string of the molecule is O=C(c1cccc[n+]1[O-])C1OC1c1ccccc1. The van der Waals surface area contributed by atoms with E-state index in [-0.39, 0.29) is 17.6 Å². The monoisotopic (exact) mass is 241 g/mol. The maximum Gasteiger partial charge on any atom is 0.262 e. The minimum absolute atomic E-state index is 0.126. The molecule has 1 fully saturated rings. The van der Waals surface area contributed by atoms with E-state index in [0.717, 1.165) is 5.56 Å². The Morgan fingerprint density at radius 3 is 2.56 bits per heavy atom. The molecule has 0 radical (unpaired) electrons. The van der Waals surface area contributed by atoms with Crippen LogP contribution in [0.15, 0.2) is 54.7 Å². The Morgan fingerprint density at radius 2 is 1.83 bits per heavy atom. The predicted octanol–water partition coefficient (Wildman–Crippen LogP) is 1.64. The smallest absolute Gasteiger partial charge is 0.262 e. The van der Waals surface area contributed by atoms with Gasteiger partial charge >= 0.3 is 0 Å². The van der Waals surface area contributed by atoms with E-state index in [9.17, 15) is 10.0 Å². The zero-order chi connectivity index (χ0) is 12.5. The highest BCUT2D eigenvalue weighted by molar-refractivity contribution is 5.98. The van der Waals surface area contributed by atoms with Gasteiger partial charge in [0.15, 0.2) is 12.3 Å². The summed E-state index contributed by atoms with van der Waals surface area (Å²) in [6.45, 7) is 0. The van der Waals surface area contributed by atoms with Crippen LogP contribution >= 0.6 is 0 Å². The fourth-order valence-corrected chi connectivity index (χ4v) is 1.97. The van der Waals surface area contributed by atoms with E-state index in [2.05, 4.69) is 0 Å². The van der Waals surface area contributed by atoms with Gasteiger partial charge in [-0.3, -0.25) is 4.79 Å². The molecule has 1 aliphatic heterocycles. The third-order valence-electron chi connectivity index (χ3n) is 2.95. The number of hydrogen-bond donors (Lipinski definition) is 0. The van der Waals surface area contributed by atoms with Crippen molar-refractivity contribution >= 4 is 5.78 Å². The number of carbonyl (C=O) groups excluding carboxylic acids is 1. The molecule has 1 aliphatic rings. The molecule has 4 heteroatoms. The summed E-state index contributed by atoms with van der Waals surface area (Å²) in [7, 11) is 0. The summed E-state index contributed by atoms with van der Waals surface area (Å²) in [4.78, 5) is 12.1. The summed E-state index contributed by atoms with van der Waals surface area (Å²) in [6.07, 6.45) is 0.557. The molecule has 0 N–H and O–H groups in total. The van der Waals surface area contributed by atoms with Crippen LogP contribution in [0.1, 0.15) is 22.2 Å². The lowest BCUT2D eigenvalue weighted by Crippen LogP contribution is -2.35. The van der Waals surface area contributed by atoms with Gasteiger partial charge in [-0.15, -0.1) is 0 Å². The Bertz CT molecular complexity index is 583. The average molecular weight is 241 g/mol. The molecule has 18 heavy (non-hydrogen) atoms. The maximum atomic E-state index is 12.1. The van der Waals surface area contributed by atoms with Crippen molar-refractivity contribution in [2.75, 3.05) is 0 Å². The molecular formula is C14H11NO3. The lowest BCUT2D eigenvalue weighted by atomic mass is 10.1. The number of carbonyl (C=O) groups is 1. The molecule has 0 amide bonds. The Labute approximate surface area is 104 Å². The number of aromatic nitrogens is 1. The molecule has 1 aromatic carbocycles. The van der Waals surface area contributed by atoms with Gasteiger partial charge in [0.2, 0.25) is 0 Å². The molecule has 0 saturated carbocycles. The number of Topliss-reactive ketones (excluding diaryl/α,β-unsaturated/α-hetero) is 1. The number of hydrogen-bond acceptors (Lipinski definition) is 3. The minimum atomic E-state index is -0.532. The fraction of sp³-hybridized carbons (Fsp3) is 0.143. The van der Waals surface area contributed by atoms with Crippen molar-refractivity contribution in [3.05, 3.63) is 71.2 Å². The fourth-order valence-electron chi connectivity index (χ4n) is 1.97. The van der Waals surface area contributed by atoms with Gasteiger partial charge in [-0.25, -0.2) is 0 Å². The van der Waals surface area contributed by atoms with E-state index in [0.29, 0.717) is 4.73 Å². The Kier molecular flexibility index (Phi) is 2.57. The second-order valence-corrected chi connectivity index (χ2v) is 4.16. The van der Waals surface area contributed by atoms with E-state index in [4.69, 9.17) is 4.74 Å². The maximum absolute atomic E-state index is 12.1. The first-order chi connectivity index (χ1) is 8.77. The number of nitrogens with zero attached hydrogens (tertiary/aromatic N) is 1. The molecule has 1 aromatic heterocycles. The van der Waals surface area contributed by atoms with Crippen molar-refractivity contribution in [2.24, 2.45) is 0 Å². The summed E-state index contributed by atoms with van der Waals surface area (Å²) in [5.41, 5.74) is 1.09. The van der Waals surface area contributed by atoms with Gasteiger partial charge in [0, 0.05) is 12.1 Å². The third kappa shape index (κ3) is 1.87. The van der Waals surface area contributed by atoms with E-state index < -0.39 is 6.10 Å². The third-order valence-corrected chi connectivity index (χ3v) is 2.95. The second kappa shape index (κ2) is 4.23. The molecule has 2 heterocycles. The molecule has 3 rings (SSSR count). The van der Waals surface area contributed by atoms with Crippen molar-refractivity contribution in [1.82, 2.24) is 0 Å². The van der Waals surface area contributed by atoms with Gasteiger partial charge in [0.1, 0.15) is 6.10 Å². The first-order valence-corrected chi connectivity index (χ1v) is 5.70. The standard InChI is InChI=1S/C14H11NO3/c16-12(11-8-4-5-9-15(11)17)14-13(18-14)10-6-2-1-3-7-10/h1-9,13-14H. The van der Waals surface area contributed by atoms with Crippen LogP contribution in [0.5, 0.6) is 0 Å². The Hall–Kier alpha value is -2.20. The highest BCUT2D eigenvalue weighted by Crippen LogP contribution is 2.39. The average Bonchev–Trinajstić information content (AvgIpc) is 3.20. The van der Waals surface area contributed by atoms with Crippen LogP contribution in [0.4, 0.5) is 0 Å². The summed E-state index contributed by atoms with van der Waals surface area (Å²) in [5, 5.41) is 11.5. The molecule has 2 aromatic rings. The van der Waals surface area contributed by atoms with Crippen LogP contribution in [-0.2, 0) is 4.74 Å². The molecular weight excluding hydrogens is 230 g/mol.